The Kier molecular flexibility index (Phi) is 4.64. The SMILES string of the molecule is O=C(N/N=C/c1cc(Cl)cc([N+](=O)[O-])c1O)c1cccnc1. The topological polar surface area (TPSA) is 118 Å². The van der Waals surface area contributed by atoms with Crippen LogP contribution in [0.2, 0.25) is 5.02 Å². The number of aromatic hydroxyl groups is 1. The summed E-state index contributed by atoms with van der Waals surface area (Å²) in [5, 5.41) is 24.2. The third-order valence-corrected chi connectivity index (χ3v) is 2.79. The number of benzene rings is 1. The number of aromatic nitrogens is 1. The van der Waals surface area contributed by atoms with Gasteiger partial charge in [-0.05, 0) is 18.2 Å². The fourth-order valence-electron chi connectivity index (χ4n) is 1.57. The van der Waals surface area contributed by atoms with Gasteiger partial charge in [0.05, 0.1) is 16.7 Å². The van der Waals surface area contributed by atoms with E-state index in [4.69, 9.17) is 11.6 Å². The summed E-state index contributed by atoms with van der Waals surface area (Å²) in [7, 11) is 0. The number of rotatable bonds is 4. The Balaban J connectivity index is 2.17. The number of carbonyl (C=O) groups excluding carboxylic acids is 1. The maximum Gasteiger partial charge on any atom is 0.312 e. The van der Waals surface area contributed by atoms with Crippen molar-refractivity contribution in [3.8, 4) is 5.75 Å². The maximum absolute atomic E-state index is 11.7. The van der Waals surface area contributed by atoms with Crippen LogP contribution < -0.4 is 5.43 Å². The van der Waals surface area contributed by atoms with Crippen LogP contribution in [0, 0.1) is 10.1 Å². The average molecular weight is 321 g/mol. The lowest BCUT2D eigenvalue weighted by atomic mass is 10.2. The van der Waals surface area contributed by atoms with Crippen LogP contribution in [0.15, 0.2) is 41.8 Å². The van der Waals surface area contributed by atoms with Gasteiger partial charge in [0.25, 0.3) is 5.91 Å². The summed E-state index contributed by atoms with van der Waals surface area (Å²) in [5.74, 6) is -1.10. The molecule has 9 heteroatoms. The molecule has 0 unspecified atom stereocenters. The number of nitrogens with zero attached hydrogens (tertiary/aromatic N) is 3. The Morgan fingerprint density at radius 1 is 1.50 bits per heavy atom. The smallest absolute Gasteiger partial charge is 0.312 e. The predicted octanol–water partition coefficient (Wildman–Crippen LogP) is 2.11. The molecule has 8 nitrogen and oxygen atoms in total. The number of hydrogen-bond donors (Lipinski definition) is 2. The van der Waals surface area contributed by atoms with Crippen molar-refractivity contribution in [3.05, 3.63) is 62.9 Å². The molecule has 0 saturated heterocycles. The molecule has 1 heterocycles. The molecule has 112 valence electrons. The molecule has 0 aliphatic rings. The highest BCUT2D eigenvalue weighted by atomic mass is 35.5. The van der Waals surface area contributed by atoms with Crippen molar-refractivity contribution in [2.45, 2.75) is 0 Å². The zero-order valence-corrected chi connectivity index (χ0v) is 11.7. The second-order valence-corrected chi connectivity index (χ2v) is 4.50. The van der Waals surface area contributed by atoms with Gasteiger partial charge in [0.1, 0.15) is 0 Å². The van der Waals surface area contributed by atoms with E-state index in [1.807, 2.05) is 0 Å². The first-order valence-electron chi connectivity index (χ1n) is 5.89. The largest absolute Gasteiger partial charge is 0.502 e. The molecule has 0 fully saturated rings. The minimum Gasteiger partial charge on any atom is -0.502 e. The highest BCUT2D eigenvalue weighted by molar-refractivity contribution is 6.31. The van der Waals surface area contributed by atoms with Gasteiger partial charge in [-0.3, -0.25) is 19.9 Å². The first-order chi connectivity index (χ1) is 10.5. The number of phenolic OH excluding ortho intramolecular Hbond substituents is 1. The zero-order valence-electron chi connectivity index (χ0n) is 10.9. The molecular weight excluding hydrogens is 312 g/mol. The molecule has 1 aromatic heterocycles. The van der Waals surface area contributed by atoms with Gasteiger partial charge in [0.15, 0.2) is 0 Å². The van der Waals surface area contributed by atoms with Gasteiger partial charge >= 0.3 is 5.69 Å². The number of hydrazone groups is 1. The van der Waals surface area contributed by atoms with E-state index in [0.29, 0.717) is 5.56 Å². The molecule has 0 saturated carbocycles. The number of halogens is 1. The van der Waals surface area contributed by atoms with Crippen molar-refractivity contribution in [3.63, 3.8) is 0 Å². The predicted molar refractivity (Wildman–Crippen MR) is 79.1 cm³/mol. The van der Waals surface area contributed by atoms with Crippen molar-refractivity contribution in [1.29, 1.82) is 0 Å². The number of hydrogen-bond acceptors (Lipinski definition) is 6. The van der Waals surface area contributed by atoms with E-state index >= 15 is 0 Å². The van der Waals surface area contributed by atoms with Gasteiger partial charge in [-0.1, -0.05) is 11.6 Å². The van der Waals surface area contributed by atoms with Gasteiger partial charge in [0, 0.05) is 29.0 Å². The molecule has 0 aliphatic heterocycles. The molecule has 0 radical (unpaired) electrons. The third-order valence-electron chi connectivity index (χ3n) is 2.57. The second kappa shape index (κ2) is 6.64. The fraction of sp³-hybridized carbons (Fsp3) is 0. The van der Waals surface area contributed by atoms with Crippen LogP contribution in [0.3, 0.4) is 0 Å². The van der Waals surface area contributed by atoms with Crippen molar-refractivity contribution >= 4 is 29.4 Å². The van der Waals surface area contributed by atoms with E-state index in [9.17, 15) is 20.0 Å². The Morgan fingerprint density at radius 2 is 2.27 bits per heavy atom. The molecule has 1 aromatic carbocycles. The van der Waals surface area contributed by atoms with Gasteiger partial charge in [-0.25, -0.2) is 5.43 Å². The fourth-order valence-corrected chi connectivity index (χ4v) is 1.79. The van der Waals surface area contributed by atoms with E-state index < -0.39 is 22.3 Å². The number of carbonyl (C=O) groups is 1. The van der Waals surface area contributed by atoms with E-state index in [-0.39, 0.29) is 10.6 Å². The van der Waals surface area contributed by atoms with Gasteiger partial charge in [-0.15, -0.1) is 0 Å². The second-order valence-electron chi connectivity index (χ2n) is 4.06. The molecule has 0 spiro atoms. The lowest BCUT2D eigenvalue weighted by Crippen LogP contribution is -2.17. The van der Waals surface area contributed by atoms with Gasteiger partial charge in [0.2, 0.25) is 5.75 Å². The lowest BCUT2D eigenvalue weighted by molar-refractivity contribution is -0.385. The molecule has 0 atom stereocenters. The Hall–Kier alpha value is -3.00. The first-order valence-corrected chi connectivity index (χ1v) is 6.27. The molecule has 0 aliphatic carbocycles. The Morgan fingerprint density at radius 3 is 2.91 bits per heavy atom. The highest BCUT2D eigenvalue weighted by Gasteiger charge is 2.17. The molecule has 2 aromatic rings. The summed E-state index contributed by atoms with van der Waals surface area (Å²) >= 11 is 5.73. The lowest BCUT2D eigenvalue weighted by Gasteiger charge is -2.02. The number of pyridine rings is 1. The highest BCUT2D eigenvalue weighted by Crippen LogP contribution is 2.32. The number of phenols is 1. The van der Waals surface area contributed by atoms with E-state index in [1.165, 1.54) is 18.5 Å². The van der Waals surface area contributed by atoms with Crippen LogP contribution >= 0.6 is 11.6 Å². The minimum absolute atomic E-state index is 0.00527. The number of nitro groups is 1. The van der Waals surface area contributed by atoms with Crippen LogP contribution in [0.25, 0.3) is 0 Å². The normalized spacial score (nSPS) is 10.6. The maximum atomic E-state index is 11.7. The molecular formula is C13H9ClN4O4. The molecule has 2 N–H and O–H groups in total. The monoisotopic (exact) mass is 320 g/mol. The van der Waals surface area contributed by atoms with Crippen LogP contribution in [0.4, 0.5) is 5.69 Å². The third kappa shape index (κ3) is 3.55. The van der Waals surface area contributed by atoms with Crippen LogP contribution in [-0.2, 0) is 0 Å². The first kappa shape index (κ1) is 15.4. The van der Waals surface area contributed by atoms with Crippen LogP contribution in [0.1, 0.15) is 15.9 Å². The standard InChI is InChI=1S/C13H9ClN4O4/c14-10-4-9(12(19)11(5-10)18(21)22)7-16-17-13(20)8-2-1-3-15-6-8/h1-7,19H,(H,17,20)/b16-7+. The summed E-state index contributed by atoms with van der Waals surface area (Å²) in [6.07, 6.45) is 3.93. The van der Waals surface area contributed by atoms with Crippen LogP contribution in [0.5, 0.6) is 5.75 Å². The number of amides is 1. The number of nitrogens with one attached hydrogen (secondary N) is 1. The summed E-state index contributed by atoms with van der Waals surface area (Å²) < 4.78 is 0. The van der Waals surface area contributed by atoms with Gasteiger partial charge < -0.3 is 5.11 Å². The van der Waals surface area contributed by atoms with Crippen molar-refractivity contribution in [2.24, 2.45) is 5.10 Å². The van der Waals surface area contributed by atoms with E-state index in [0.717, 1.165) is 12.3 Å². The van der Waals surface area contributed by atoms with Crippen molar-refractivity contribution < 1.29 is 14.8 Å². The van der Waals surface area contributed by atoms with Crippen molar-refractivity contribution in [2.75, 3.05) is 0 Å². The van der Waals surface area contributed by atoms with Gasteiger partial charge in [-0.2, -0.15) is 5.10 Å². The van der Waals surface area contributed by atoms with E-state index in [1.54, 1.807) is 12.1 Å². The Bertz CT molecular complexity index is 749. The van der Waals surface area contributed by atoms with E-state index in [2.05, 4.69) is 15.5 Å². The minimum atomic E-state index is -0.771. The van der Waals surface area contributed by atoms with Crippen molar-refractivity contribution in [1.82, 2.24) is 10.4 Å². The Labute approximate surface area is 129 Å². The molecule has 0 bridgehead atoms. The molecule has 22 heavy (non-hydrogen) atoms. The van der Waals surface area contributed by atoms with Crippen LogP contribution in [-0.4, -0.2) is 27.1 Å². The summed E-state index contributed by atoms with van der Waals surface area (Å²) in [5.41, 5.74) is 1.96. The zero-order chi connectivity index (χ0) is 16.1. The average Bonchev–Trinajstić information content (AvgIpc) is 2.50. The quantitative estimate of drug-likeness (QED) is 0.508. The number of nitro benzene ring substituents is 1. The molecule has 2 rings (SSSR count). The summed E-state index contributed by atoms with van der Waals surface area (Å²) in [4.78, 5) is 25.5. The summed E-state index contributed by atoms with van der Waals surface area (Å²) in [6.45, 7) is 0. The molecule has 1 amide bonds. The summed E-state index contributed by atoms with van der Waals surface area (Å²) in [6, 6.07) is 5.43.